The molecule has 16 heteroatoms. The lowest BCUT2D eigenvalue weighted by molar-refractivity contribution is -0.181. The molecule has 8 atom stereocenters. The summed E-state index contributed by atoms with van der Waals surface area (Å²) in [6.45, 7) is 14.5. The molecule has 0 spiro atoms. The first-order chi connectivity index (χ1) is 26.5. The summed E-state index contributed by atoms with van der Waals surface area (Å²) in [6, 6.07) is 2.96. The normalized spacial score (nSPS) is 28.3. The van der Waals surface area contributed by atoms with Gasteiger partial charge in [0.2, 0.25) is 0 Å². The van der Waals surface area contributed by atoms with Crippen molar-refractivity contribution in [2.75, 3.05) is 6.61 Å². The van der Waals surface area contributed by atoms with Gasteiger partial charge in [-0.1, -0.05) is 59.8 Å². The summed E-state index contributed by atoms with van der Waals surface area (Å²) >= 11 is 0. The zero-order valence-corrected chi connectivity index (χ0v) is 34.3. The number of rotatable bonds is 11. The van der Waals surface area contributed by atoms with E-state index >= 15 is 0 Å². The number of nitrogens with zero attached hydrogens (tertiary/aromatic N) is 1. The third-order valence-corrected chi connectivity index (χ3v) is 9.65. The van der Waals surface area contributed by atoms with Crippen LogP contribution in [0.15, 0.2) is 48.3 Å². The van der Waals surface area contributed by atoms with Crippen LogP contribution in [0.3, 0.4) is 0 Å². The molecule has 1 heterocycles. The van der Waals surface area contributed by atoms with Crippen LogP contribution in [-0.4, -0.2) is 94.8 Å². The molecule has 3 rings (SSSR count). The highest BCUT2D eigenvalue weighted by Gasteiger charge is 2.68. The van der Waals surface area contributed by atoms with Gasteiger partial charge in [-0.3, -0.25) is 38.5 Å². The predicted molar refractivity (Wildman–Crippen MR) is 198 cm³/mol. The molecule has 1 aromatic heterocycles. The van der Waals surface area contributed by atoms with Crippen LogP contribution in [0.2, 0.25) is 0 Å². The molecule has 1 saturated carbocycles. The average molecular weight is 800 g/mol. The molecule has 0 unspecified atom stereocenters. The molecule has 1 fully saturated rings. The van der Waals surface area contributed by atoms with Gasteiger partial charge in [0.05, 0.1) is 17.4 Å². The topological polar surface area (TPSA) is 214 Å². The number of hydrogen-bond acceptors (Lipinski definition) is 16. The monoisotopic (exact) mass is 799 g/mol. The highest BCUT2D eigenvalue weighted by molar-refractivity contribution is 5.94. The van der Waals surface area contributed by atoms with Gasteiger partial charge in [-0.2, -0.15) is 0 Å². The molecule has 0 N–H and O–H groups in total. The largest absolute Gasteiger partial charge is 0.461 e. The summed E-state index contributed by atoms with van der Waals surface area (Å²) in [5.74, 6) is -10.0. The highest BCUT2D eigenvalue weighted by atomic mass is 16.6. The van der Waals surface area contributed by atoms with Crippen LogP contribution in [-0.2, 0) is 66.7 Å². The van der Waals surface area contributed by atoms with Gasteiger partial charge in [-0.15, -0.1) is 0 Å². The quantitative estimate of drug-likeness (QED) is 0.173. The third kappa shape index (κ3) is 11.1. The molecular formula is C41H53NO15. The van der Waals surface area contributed by atoms with Crippen LogP contribution in [0.5, 0.6) is 0 Å². The van der Waals surface area contributed by atoms with E-state index in [0.717, 1.165) is 27.7 Å². The first-order valence-corrected chi connectivity index (χ1v) is 18.6. The van der Waals surface area contributed by atoms with E-state index in [9.17, 15) is 38.4 Å². The lowest BCUT2D eigenvalue weighted by atomic mass is 9.75. The summed E-state index contributed by atoms with van der Waals surface area (Å²) in [6.07, 6.45) is -0.144. The molecule has 16 nitrogen and oxygen atoms in total. The van der Waals surface area contributed by atoms with Crippen LogP contribution in [0.1, 0.15) is 99.4 Å². The molecule has 2 aliphatic rings. The summed E-state index contributed by atoms with van der Waals surface area (Å²) < 4.78 is 41.3. The number of aromatic nitrogens is 1. The number of Topliss-reactive ketones (excluding diaryl/α,β-unsaturated/α-hetero) is 1. The second-order valence-electron chi connectivity index (χ2n) is 15.4. The van der Waals surface area contributed by atoms with Crippen molar-refractivity contribution in [2.24, 2.45) is 23.2 Å². The van der Waals surface area contributed by atoms with Crippen molar-refractivity contribution in [1.29, 1.82) is 0 Å². The smallest absolute Gasteiger partial charge is 0.340 e. The fourth-order valence-electron chi connectivity index (χ4n) is 7.09. The van der Waals surface area contributed by atoms with Gasteiger partial charge in [-0.25, -0.2) is 4.79 Å². The van der Waals surface area contributed by atoms with Gasteiger partial charge >= 0.3 is 41.8 Å². The molecule has 1 aromatic rings. The van der Waals surface area contributed by atoms with E-state index in [1.165, 1.54) is 77.4 Å². The van der Waals surface area contributed by atoms with Gasteiger partial charge in [0.15, 0.2) is 41.4 Å². The Kier molecular flexibility index (Phi) is 15.1. The fraction of sp³-hybridized carbons (Fsp3) is 0.585. The van der Waals surface area contributed by atoms with Crippen molar-refractivity contribution in [3.05, 3.63) is 53.9 Å². The number of hydrogen-bond donors (Lipinski definition) is 0. The van der Waals surface area contributed by atoms with E-state index in [1.54, 1.807) is 13.8 Å². The minimum Gasteiger partial charge on any atom is -0.461 e. The molecule has 0 aliphatic heterocycles. The van der Waals surface area contributed by atoms with Crippen molar-refractivity contribution in [1.82, 2.24) is 4.98 Å². The lowest BCUT2D eigenvalue weighted by Gasteiger charge is -2.41. The number of fused-ring (bicyclic) bond motifs is 1. The van der Waals surface area contributed by atoms with Crippen LogP contribution in [0.4, 0.5) is 0 Å². The Morgan fingerprint density at radius 3 is 2.04 bits per heavy atom. The first-order valence-electron chi connectivity index (χ1n) is 18.6. The summed E-state index contributed by atoms with van der Waals surface area (Å²) in [4.78, 5) is 111. The second kappa shape index (κ2) is 18.7. The SMILES string of the molecule is CCC(=O)O[C@H]1[C@H]2C=C(COC(C)=O)[C@@H](OC(=O)C(C)C)[C@H](OC(C)=O)[C@H](OC(=O)c3cccnc3)C(C)(C)C=C[C@H](C)C(=O)[C@]2(OC(C)=O)C[C@]1(C)OC(C)=O. The van der Waals surface area contributed by atoms with Crippen LogP contribution < -0.4 is 0 Å². The molecule has 57 heavy (non-hydrogen) atoms. The van der Waals surface area contributed by atoms with Gasteiger partial charge in [0, 0.05) is 69.8 Å². The van der Waals surface area contributed by atoms with Gasteiger partial charge in [0.25, 0.3) is 0 Å². The highest BCUT2D eigenvalue weighted by Crippen LogP contribution is 2.52. The van der Waals surface area contributed by atoms with Gasteiger partial charge < -0.3 is 33.2 Å². The Morgan fingerprint density at radius 2 is 1.51 bits per heavy atom. The Bertz CT molecular complexity index is 1780. The van der Waals surface area contributed by atoms with Gasteiger partial charge in [0.1, 0.15) is 6.61 Å². The van der Waals surface area contributed by atoms with Crippen molar-refractivity contribution >= 4 is 47.6 Å². The Balaban J connectivity index is 2.61. The minimum atomic E-state index is -2.24. The molecule has 0 aromatic carbocycles. The minimum absolute atomic E-state index is 0.0300. The molecule has 0 saturated heterocycles. The number of ether oxygens (including phenoxy) is 7. The van der Waals surface area contributed by atoms with Crippen molar-refractivity contribution in [3.8, 4) is 0 Å². The molecular weight excluding hydrogens is 746 g/mol. The third-order valence-electron chi connectivity index (χ3n) is 9.65. The summed E-state index contributed by atoms with van der Waals surface area (Å²) in [5.41, 5.74) is -5.53. The van der Waals surface area contributed by atoms with Crippen molar-refractivity contribution in [2.45, 2.75) is 125 Å². The number of carbonyl (C=O) groups excluding carboxylic acids is 8. The maximum Gasteiger partial charge on any atom is 0.340 e. The molecule has 0 amide bonds. The van der Waals surface area contributed by atoms with Crippen molar-refractivity contribution in [3.63, 3.8) is 0 Å². The van der Waals surface area contributed by atoms with E-state index in [0.29, 0.717) is 0 Å². The Morgan fingerprint density at radius 1 is 0.860 bits per heavy atom. The zero-order chi connectivity index (χ0) is 43.0. The van der Waals surface area contributed by atoms with E-state index in [4.69, 9.17) is 33.2 Å². The van der Waals surface area contributed by atoms with Gasteiger partial charge in [-0.05, 0) is 19.1 Å². The van der Waals surface area contributed by atoms with E-state index in [1.807, 2.05) is 0 Å². The van der Waals surface area contributed by atoms with Crippen LogP contribution in [0, 0.1) is 23.2 Å². The van der Waals surface area contributed by atoms with Crippen LogP contribution >= 0.6 is 0 Å². The molecule has 312 valence electrons. The fourth-order valence-corrected chi connectivity index (χ4v) is 7.09. The molecule has 2 aliphatic carbocycles. The maximum absolute atomic E-state index is 15.0. The van der Waals surface area contributed by atoms with E-state index < -0.39 is 119 Å². The average Bonchev–Trinajstić information content (AvgIpc) is 3.33. The van der Waals surface area contributed by atoms with E-state index in [-0.39, 0.29) is 17.6 Å². The standard InChI is InChI=1S/C41H53NO15/c1-12-31(47)53-35-30-18-29(20-51-24(5)43)32(54-37(49)22(2)3)33(52-25(6)44)36(55-38(50)28-14-13-17-42-19-28)39(9,10)16-15-23(4)34(48)41(30,57-27(8)46)21-40(35,11)56-26(7)45/h13-19,22-23,30,32-33,35-36H,12,20-21H2,1-11H3/t23-,30+,32+,33-,35-,36-,40-,41-/m0/s1. The number of ketones is 1. The maximum atomic E-state index is 15.0. The Hall–Kier alpha value is -5.41. The number of pyridine rings is 1. The summed E-state index contributed by atoms with van der Waals surface area (Å²) in [5, 5.41) is 0. The number of esters is 7. The zero-order valence-electron chi connectivity index (χ0n) is 34.3. The lowest BCUT2D eigenvalue weighted by Crippen LogP contribution is -2.54. The van der Waals surface area contributed by atoms with Crippen molar-refractivity contribution < 1.29 is 71.5 Å². The summed E-state index contributed by atoms with van der Waals surface area (Å²) in [7, 11) is 0. The molecule has 0 radical (unpaired) electrons. The predicted octanol–water partition coefficient (Wildman–Crippen LogP) is 4.36. The number of carbonyl (C=O) groups is 8. The molecule has 0 bridgehead atoms. The first kappa shape index (κ1) is 46.0. The number of allylic oxidation sites excluding steroid dienone is 1. The Labute approximate surface area is 331 Å². The van der Waals surface area contributed by atoms with E-state index in [2.05, 4.69) is 4.98 Å². The second-order valence-corrected chi connectivity index (χ2v) is 15.4. The van der Waals surface area contributed by atoms with Crippen LogP contribution in [0.25, 0.3) is 0 Å².